The first-order valence-corrected chi connectivity index (χ1v) is 11.2. The van der Waals surface area contributed by atoms with Crippen LogP contribution in [0.25, 0.3) is 10.9 Å². The number of benzene rings is 1. The van der Waals surface area contributed by atoms with E-state index in [1.165, 1.54) is 5.56 Å². The molecule has 0 saturated carbocycles. The Morgan fingerprint density at radius 3 is 2.74 bits per heavy atom. The summed E-state index contributed by atoms with van der Waals surface area (Å²) in [6.45, 7) is 13.1. The van der Waals surface area contributed by atoms with E-state index < -0.39 is 0 Å². The van der Waals surface area contributed by atoms with E-state index in [-0.39, 0.29) is 11.3 Å². The molecule has 3 heterocycles. The lowest BCUT2D eigenvalue weighted by Crippen LogP contribution is -2.35. The molecule has 0 unspecified atom stereocenters. The average molecular weight is 424 g/mol. The first-order chi connectivity index (χ1) is 14.8. The number of hydrogen-bond acceptors (Lipinski definition) is 5. The van der Waals surface area contributed by atoms with E-state index in [0.717, 1.165) is 55.2 Å². The quantitative estimate of drug-likeness (QED) is 0.625. The molecular formula is C24H33N5O2. The second-order valence-corrected chi connectivity index (χ2v) is 9.56. The molecule has 0 spiro atoms. The molecule has 3 aromatic rings. The Labute approximate surface area is 184 Å². The van der Waals surface area contributed by atoms with E-state index in [1.807, 2.05) is 22.0 Å². The number of amides is 1. The lowest BCUT2D eigenvalue weighted by atomic mass is 9.94. The summed E-state index contributed by atoms with van der Waals surface area (Å²) in [6, 6.07) is 6.30. The molecule has 0 N–H and O–H groups in total. The lowest BCUT2D eigenvalue weighted by Gasteiger charge is -2.21. The average Bonchev–Trinajstić information content (AvgIpc) is 3.28. The molecule has 0 aliphatic carbocycles. The first kappa shape index (κ1) is 21.6. The van der Waals surface area contributed by atoms with Crippen molar-refractivity contribution in [3.05, 3.63) is 47.8 Å². The number of aromatic nitrogens is 3. The van der Waals surface area contributed by atoms with Gasteiger partial charge in [0.25, 0.3) is 0 Å². The minimum absolute atomic E-state index is 0.0359. The highest BCUT2D eigenvalue weighted by atomic mass is 16.4. The largest absolute Gasteiger partial charge is 0.444 e. The van der Waals surface area contributed by atoms with Crippen molar-refractivity contribution in [3.8, 4) is 0 Å². The van der Waals surface area contributed by atoms with Gasteiger partial charge < -0.3 is 9.32 Å². The SMILES string of the molecule is Cc1ccc2cnn(CCC(=O)N3CCCN(Cc4ncc(C(C)(C)C)o4)CC3)c2c1. The van der Waals surface area contributed by atoms with Gasteiger partial charge in [0, 0.05) is 43.4 Å². The Morgan fingerprint density at radius 2 is 1.97 bits per heavy atom. The van der Waals surface area contributed by atoms with Crippen LogP contribution in [-0.4, -0.2) is 56.7 Å². The van der Waals surface area contributed by atoms with E-state index in [1.54, 1.807) is 0 Å². The third-order valence-electron chi connectivity index (χ3n) is 5.93. The smallest absolute Gasteiger partial charge is 0.224 e. The van der Waals surface area contributed by atoms with Gasteiger partial charge in [-0.25, -0.2) is 4.98 Å². The number of rotatable bonds is 5. The molecule has 1 aliphatic heterocycles. The minimum atomic E-state index is -0.0359. The molecular weight excluding hydrogens is 390 g/mol. The zero-order chi connectivity index (χ0) is 22.0. The van der Waals surface area contributed by atoms with Crippen molar-refractivity contribution in [2.75, 3.05) is 26.2 Å². The number of hydrogen-bond donors (Lipinski definition) is 0. The molecule has 1 amide bonds. The van der Waals surface area contributed by atoms with Gasteiger partial charge in [-0.15, -0.1) is 0 Å². The summed E-state index contributed by atoms with van der Waals surface area (Å²) in [5, 5.41) is 5.59. The predicted molar refractivity (Wildman–Crippen MR) is 121 cm³/mol. The van der Waals surface area contributed by atoms with Crippen LogP contribution in [0.1, 0.15) is 50.8 Å². The molecule has 0 bridgehead atoms. The number of oxazole rings is 1. The van der Waals surface area contributed by atoms with Crippen molar-refractivity contribution in [1.82, 2.24) is 24.6 Å². The highest BCUT2D eigenvalue weighted by Gasteiger charge is 2.22. The molecule has 2 aromatic heterocycles. The minimum Gasteiger partial charge on any atom is -0.444 e. The molecule has 1 aromatic carbocycles. The highest BCUT2D eigenvalue weighted by molar-refractivity contribution is 5.80. The molecule has 1 fully saturated rings. The maximum atomic E-state index is 12.9. The number of fused-ring (bicyclic) bond motifs is 1. The number of aryl methyl sites for hydroxylation is 2. The standard InChI is InChI=1S/C24H33N5O2/c1-18-6-7-19-15-26-29(20(19)14-18)11-8-23(30)28-10-5-9-27(12-13-28)17-22-25-16-21(31-22)24(2,3)4/h6-7,14-16H,5,8-13,17H2,1-4H3. The Kier molecular flexibility index (Phi) is 6.14. The van der Waals surface area contributed by atoms with Crippen molar-refractivity contribution in [2.24, 2.45) is 0 Å². The predicted octanol–water partition coefficient (Wildman–Crippen LogP) is 3.75. The molecule has 31 heavy (non-hydrogen) atoms. The third kappa shape index (κ3) is 5.15. The van der Waals surface area contributed by atoms with Gasteiger partial charge in [-0.05, 0) is 25.0 Å². The third-order valence-corrected chi connectivity index (χ3v) is 5.93. The highest BCUT2D eigenvalue weighted by Crippen LogP contribution is 2.23. The Morgan fingerprint density at radius 1 is 1.13 bits per heavy atom. The van der Waals surface area contributed by atoms with Crippen LogP contribution in [-0.2, 0) is 23.3 Å². The topological polar surface area (TPSA) is 67.4 Å². The summed E-state index contributed by atoms with van der Waals surface area (Å²) in [5.41, 5.74) is 2.26. The maximum absolute atomic E-state index is 12.9. The maximum Gasteiger partial charge on any atom is 0.224 e. The molecule has 7 heteroatoms. The number of carbonyl (C=O) groups is 1. The fraction of sp³-hybridized carbons (Fsp3) is 0.542. The van der Waals surface area contributed by atoms with Gasteiger partial charge in [-0.3, -0.25) is 14.4 Å². The van der Waals surface area contributed by atoms with Crippen molar-refractivity contribution < 1.29 is 9.21 Å². The van der Waals surface area contributed by atoms with Gasteiger partial charge in [0.2, 0.25) is 11.8 Å². The number of carbonyl (C=O) groups excluding carboxylic acids is 1. The van der Waals surface area contributed by atoms with Crippen LogP contribution in [0.4, 0.5) is 0 Å². The Balaban J connectivity index is 1.30. The van der Waals surface area contributed by atoms with Crippen molar-refractivity contribution in [2.45, 2.75) is 59.0 Å². The zero-order valence-electron chi connectivity index (χ0n) is 19.1. The van der Waals surface area contributed by atoms with Crippen molar-refractivity contribution in [3.63, 3.8) is 0 Å². The van der Waals surface area contributed by atoms with E-state index in [9.17, 15) is 4.79 Å². The molecule has 1 saturated heterocycles. The fourth-order valence-corrected chi connectivity index (χ4v) is 4.02. The van der Waals surface area contributed by atoms with Gasteiger partial charge in [-0.1, -0.05) is 32.9 Å². The summed E-state index contributed by atoms with van der Waals surface area (Å²) in [5.74, 6) is 1.87. The van der Waals surface area contributed by atoms with E-state index in [0.29, 0.717) is 19.5 Å². The summed E-state index contributed by atoms with van der Waals surface area (Å²) in [7, 11) is 0. The van der Waals surface area contributed by atoms with Gasteiger partial charge in [0.1, 0.15) is 5.76 Å². The van der Waals surface area contributed by atoms with Crippen LogP contribution < -0.4 is 0 Å². The molecule has 7 nitrogen and oxygen atoms in total. The summed E-state index contributed by atoms with van der Waals surface area (Å²) in [6.07, 6.45) is 5.14. The summed E-state index contributed by atoms with van der Waals surface area (Å²) in [4.78, 5) is 21.6. The van der Waals surface area contributed by atoms with Crippen LogP contribution in [0.15, 0.2) is 35.0 Å². The second kappa shape index (κ2) is 8.83. The monoisotopic (exact) mass is 423 g/mol. The fourth-order valence-electron chi connectivity index (χ4n) is 4.02. The van der Waals surface area contributed by atoms with Crippen molar-refractivity contribution in [1.29, 1.82) is 0 Å². The van der Waals surface area contributed by atoms with Gasteiger partial charge in [0.15, 0.2) is 0 Å². The van der Waals surface area contributed by atoms with Crippen LogP contribution in [0.3, 0.4) is 0 Å². The summed E-state index contributed by atoms with van der Waals surface area (Å²) < 4.78 is 7.89. The number of nitrogens with zero attached hydrogens (tertiary/aromatic N) is 5. The lowest BCUT2D eigenvalue weighted by molar-refractivity contribution is -0.131. The Bertz CT molecular complexity index is 1050. The molecule has 4 rings (SSSR count). The molecule has 0 atom stereocenters. The second-order valence-electron chi connectivity index (χ2n) is 9.56. The van der Waals surface area contributed by atoms with Crippen LogP contribution in [0.5, 0.6) is 0 Å². The normalized spacial score (nSPS) is 16.1. The molecule has 166 valence electrons. The van der Waals surface area contributed by atoms with Gasteiger partial charge in [-0.2, -0.15) is 5.10 Å². The van der Waals surface area contributed by atoms with Gasteiger partial charge in [0.05, 0.1) is 31.0 Å². The van der Waals surface area contributed by atoms with E-state index in [4.69, 9.17) is 4.42 Å². The Hall–Kier alpha value is -2.67. The molecule has 1 aliphatic rings. The van der Waals surface area contributed by atoms with Gasteiger partial charge >= 0.3 is 0 Å². The van der Waals surface area contributed by atoms with Crippen LogP contribution >= 0.6 is 0 Å². The van der Waals surface area contributed by atoms with Crippen LogP contribution in [0, 0.1) is 6.92 Å². The zero-order valence-corrected chi connectivity index (χ0v) is 19.1. The first-order valence-electron chi connectivity index (χ1n) is 11.2. The van der Waals surface area contributed by atoms with E-state index >= 15 is 0 Å². The summed E-state index contributed by atoms with van der Waals surface area (Å²) >= 11 is 0. The van der Waals surface area contributed by atoms with Crippen molar-refractivity contribution >= 4 is 16.8 Å². The van der Waals surface area contributed by atoms with Crippen LogP contribution in [0.2, 0.25) is 0 Å². The molecule has 0 radical (unpaired) electrons. The van der Waals surface area contributed by atoms with E-state index in [2.05, 4.69) is 60.9 Å².